The maximum absolute atomic E-state index is 11.3. The summed E-state index contributed by atoms with van der Waals surface area (Å²) in [5, 5.41) is 18.7. The van der Waals surface area contributed by atoms with Crippen LogP contribution in [0.25, 0.3) is 0 Å². The van der Waals surface area contributed by atoms with E-state index in [1.54, 1.807) is 0 Å². The van der Waals surface area contributed by atoms with Gasteiger partial charge in [0.05, 0.1) is 0 Å². The molecule has 0 aromatic carbocycles. The number of ketones is 1. The first-order valence-corrected chi connectivity index (χ1v) is 5.11. The fourth-order valence-electron chi connectivity index (χ4n) is 1.71. The molecule has 2 unspecified atom stereocenters. The normalized spacial score (nSPS) is 32.9. The Morgan fingerprint density at radius 1 is 0.846 bits per heavy atom. The average molecular weight is 186 g/mol. The van der Waals surface area contributed by atoms with Gasteiger partial charge in [0, 0.05) is 0 Å². The maximum Gasteiger partial charge on any atom is 0.189 e. The van der Waals surface area contributed by atoms with Gasteiger partial charge in [-0.25, -0.2) is 0 Å². The smallest absolute Gasteiger partial charge is 0.189 e. The van der Waals surface area contributed by atoms with E-state index in [-0.39, 0.29) is 5.78 Å². The SMILES string of the molecule is O=C1C(O)CCCCCCCC1O. The number of hydrogen-bond donors (Lipinski definition) is 2. The summed E-state index contributed by atoms with van der Waals surface area (Å²) >= 11 is 0. The lowest BCUT2D eigenvalue weighted by Gasteiger charge is -2.16. The Morgan fingerprint density at radius 3 is 1.69 bits per heavy atom. The van der Waals surface area contributed by atoms with Gasteiger partial charge in [0.1, 0.15) is 12.2 Å². The number of carbonyl (C=O) groups excluding carboxylic acids is 1. The molecule has 0 aromatic rings. The van der Waals surface area contributed by atoms with Crippen LogP contribution in [0, 0.1) is 0 Å². The first-order valence-electron chi connectivity index (χ1n) is 5.11. The number of rotatable bonds is 0. The molecule has 2 N–H and O–H groups in total. The maximum atomic E-state index is 11.3. The minimum Gasteiger partial charge on any atom is -0.385 e. The van der Waals surface area contributed by atoms with Gasteiger partial charge in [-0.15, -0.1) is 0 Å². The van der Waals surface area contributed by atoms with Crippen LogP contribution in [0.2, 0.25) is 0 Å². The number of hydrogen-bond acceptors (Lipinski definition) is 3. The molecular weight excluding hydrogens is 168 g/mol. The number of aliphatic hydroxyl groups is 2. The standard InChI is InChI=1S/C10H18O3/c11-8-6-4-2-1-3-5-7-9(12)10(8)13/h8-9,11-12H,1-7H2. The average Bonchev–Trinajstić information content (AvgIpc) is 2.13. The quantitative estimate of drug-likeness (QED) is 0.594. The van der Waals surface area contributed by atoms with Gasteiger partial charge in [-0.3, -0.25) is 4.79 Å². The second kappa shape index (κ2) is 5.35. The van der Waals surface area contributed by atoms with Gasteiger partial charge in [0.15, 0.2) is 5.78 Å². The molecular formula is C10H18O3. The van der Waals surface area contributed by atoms with Crippen LogP contribution in [0.5, 0.6) is 0 Å². The van der Waals surface area contributed by atoms with Crippen LogP contribution in [-0.4, -0.2) is 28.2 Å². The second-order valence-corrected chi connectivity index (χ2v) is 3.78. The zero-order valence-corrected chi connectivity index (χ0v) is 7.91. The molecule has 0 saturated heterocycles. The molecule has 1 aliphatic carbocycles. The fourth-order valence-corrected chi connectivity index (χ4v) is 1.71. The third-order valence-electron chi connectivity index (χ3n) is 2.61. The lowest BCUT2D eigenvalue weighted by atomic mass is 9.96. The molecule has 1 aliphatic rings. The van der Waals surface area contributed by atoms with E-state index < -0.39 is 12.2 Å². The molecule has 0 radical (unpaired) electrons. The molecule has 0 bridgehead atoms. The molecule has 0 aromatic heterocycles. The third-order valence-corrected chi connectivity index (χ3v) is 2.61. The lowest BCUT2D eigenvalue weighted by molar-refractivity contribution is -0.136. The molecule has 3 nitrogen and oxygen atoms in total. The molecule has 76 valence electrons. The highest BCUT2D eigenvalue weighted by molar-refractivity contribution is 5.86. The molecule has 1 rings (SSSR count). The second-order valence-electron chi connectivity index (χ2n) is 3.78. The van der Waals surface area contributed by atoms with Gasteiger partial charge in [-0.05, 0) is 12.8 Å². The van der Waals surface area contributed by atoms with Crippen LogP contribution in [-0.2, 0) is 4.79 Å². The molecule has 0 amide bonds. The largest absolute Gasteiger partial charge is 0.385 e. The summed E-state index contributed by atoms with van der Waals surface area (Å²) in [6.45, 7) is 0. The van der Waals surface area contributed by atoms with E-state index in [2.05, 4.69) is 0 Å². The summed E-state index contributed by atoms with van der Waals surface area (Å²) in [6.07, 6.45) is 4.24. The Hall–Kier alpha value is -0.410. The van der Waals surface area contributed by atoms with E-state index in [0.717, 1.165) is 32.1 Å². The molecule has 1 saturated carbocycles. The van der Waals surface area contributed by atoms with Crippen LogP contribution in [0.15, 0.2) is 0 Å². The van der Waals surface area contributed by atoms with Crippen LogP contribution in [0.4, 0.5) is 0 Å². The van der Waals surface area contributed by atoms with E-state index in [0.29, 0.717) is 12.8 Å². The van der Waals surface area contributed by atoms with Crippen molar-refractivity contribution in [3.63, 3.8) is 0 Å². The summed E-state index contributed by atoms with van der Waals surface area (Å²) in [7, 11) is 0. The van der Waals surface area contributed by atoms with Gasteiger partial charge >= 0.3 is 0 Å². The highest BCUT2D eigenvalue weighted by atomic mass is 16.3. The third kappa shape index (κ3) is 3.44. The summed E-state index contributed by atoms with van der Waals surface area (Å²) in [6, 6.07) is 0. The predicted octanol–water partition coefficient (Wildman–Crippen LogP) is 1.02. The summed E-state index contributed by atoms with van der Waals surface area (Å²) in [5.74, 6) is -0.387. The van der Waals surface area contributed by atoms with Crippen molar-refractivity contribution >= 4 is 5.78 Å². The molecule has 13 heavy (non-hydrogen) atoms. The minimum atomic E-state index is -0.937. The predicted molar refractivity (Wildman–Crippen MR) is 49.3 cm³/mol. The van der Waals surface area contributed by atoms with Crippen LogP contribution < -0.4 is 0 Å². The Kier molecular flexibility index (Phi) is 4.39. The number of aliphatic hydroxyl groups excluding tert-OH is 2. The first kappa shape index (κ1) is 10.7. The molecule has 0 heterocycles. The zero-order chi connectivity index (χ0) is 9.68. The Balaban J connectivity index is 2.45. The van der Waals surface area contributed by atoms with Gasteiger partial charge < -0.3 is 10.2 Å². The van der Waals surface area contributed by atoms with Crippen molar-refractivity contribution in [3.05, 3.63) is 0 Å². The van der Waals surface area contributed by atoms with Crippen molar-refractivity contribution in [2.75, 3.05) is 0 Å². The van der Waals surface area contributed by atoms with Crippen molar-refractivity contribution in [2.45, 2.75) is 57.2 Å². The Bertz CT molecular complexity index is 152. The Labute approximate surface area is 78.8 Å². The monoisotopic (exact) mass is 186 g/mol. The summed E-state index contributed by atoms with van der Waals surface area (Å²) in [4.78, 5) is 11.3. The number of Topliss-reactive ketones (excluding diaryl/α,β-unsaturated/α-hetero) is 1. The van der Waals surface area contributed by atoms with E-state index >= 15 is 0 Å². The molecule has 2 atom stereocenters. The van der Waals surface area contributed by atoms with Crippen molar-refractivity contribution in [3.8, 4) is 0 Å². The molecule has 0 spiro atoms. The molecule has 1 fully saturated rings. The van der Waals surface area contributed by atoms with Crippen LogP contribution in [0.1, 0.15) is 44.9 Å². The Morgan fingerprint density at radius 2 is 1.23 bits per heavy atom. The van der Waals surface area contributed by atoms with E-state index in [1.807, 2.05) is 0 Å². The van der Waals surface area contributed by atoms with E-state index in [4.69, 9.17) is 0 Å². The minimum absolute atomic E-state index is 0.387. The molecule has 3 heteroatoms. The number of carbonyl (C=O) groups is 1. The van der Waals surface area contributed by atoms with Crippen LogP contribution >= 0.6 is 0 Å². The van der Waals surface area contributed by atoms with Crippen molar-refractivity contribution in [2.24, 2.45) is 0 Å². The van der Waals surface area contributed by atoms with Crippen molar-refractivity contribution in [1.29, 1.82) is 0 Å². The van der Waals surface area contributed by atoms with E-state index in [9.17, 15) is 15.0 Å². The fraction of sp³-hybridized carbons (Fsp3) is 0.900. The summed E-state index contributed by atoms with van der Waals surface area (Å²) in [5.41, 5.74) is 0. The highest BCUT2D eigenvalue weighted by Gasteiger charge is 2.23. The molecule has 0 aliphatic heterocycles. The van der Waals surface area contributed by atoms with Crippen molar-refractivity contribution < 1.29 is 15.0 Å². The van der Waals surface area contributed by atoms with Gasteiger partial charge in [0.2, 0.25) is 0 Å². The van der Waals surface area contributed by atoms with E-state index in [1.165, 1.54) is 0 Å². The highest BCUT2D eigenvalue weighted by Crippen LogP contribution is 2.15. The summed E-state index contributed by atoms with van der Waals surface area (Å²) < 4.78 is 0. The topological polar surface area (TPSA) is 57.5 Å². The lowest BCUT2D eigenvalue weighted by Crippen LogP contribution is -2.32. The first-order chi connectivity index (χ1) is 6.22. The van der Waals surface area contributed by atoms with Gasteiger partial charge in [-0.2, -0.15) is 0 Å². The van der Waals surface area contributed by atoms with Crippen LogP contribution in [0.3, 0.4) is 0 Å². The van der Waals surface area contributed by atoms with Gasteiger partial charge in [-0.1, -0.05) is 32.1 Å². The van der Waals surface area contributed by atoms with Gasteiger partial charge in [0.25, 0.3) is 0 Å². The zero-order valence-electron chi connectivity index (χ0n) is 7.91. The van der Waals surface area contributed by atoms with Crippen molar-refractivity contribution in [1.82, 2.24) is 0 Å².